The lowest BCUT2D eigenvalue weighted by Crippen LogP contribution is -2.24. The van der Waals surface area contributed by atoms with E-state index in [1.54, 1.807) is 0 Å². The first-order valence-electron chi connectivity index (χ1n) is 9.96. The van der Waals surface area contributed by atoms with Crippen LogP contribution in [-0.4, -0.2) is 39.5 Å². The van der Waals surface area contributed by atoms with Crippen LogP contribution in [0.2, 0.25) is 0 Å². The van der Waals surface area contributed by atoms with E-state index >= 15 is 0 Å². The number of fused-ring (bicyclic) bond motifs is 1. The van der Waals surface area contributed by atoms with Crippen LogP contribution in [0.3, 0.4) is 0 Å². The van der Waals surface area contributed by atoms with Crippen molar-refractivity contribution in [1.29, 1.82) is 0 Å². The minimum absolute atomic E-state index is 0.247. The summed E-state index contributed by atoms with van der Waals surface area (Å²) >= 11 is 0. The Morgan fingerprint density at radius 1 is 0.964 bits per heavy atom. The maximum atomic E-state index is 6.31. The standard InChI is InChI=1S/C22H30N6/c1-5-28(6-2)12-8-11-18-16-13-17(19-14(3)9-7-10-15(19)4)20(23)26-21(16)27-22(24)25-18/h7,9-10,13H,5-6,8,11-12H2,1-4H3,(H4,23,24,25,26,27). The van der Waals surface area contributed by atoms with E-state index in [0.717, 1.165) is 54.7 Å². The van der Waals surface area contributed by atoms with Gasteiger partial charge < -0.3 is 16.4 Å². The largest absolute Gasteiger partial charge is 0.383 e. The SMILES string of the molecule is CCN(CC)CCCc1nc(N)nc2nc(N)c(-c3c(C)cccc3C)cc12. The highest BCUT2D eigenvalue weighted by Gasteiger charge is 2.15. The van der Waals surface area contributed by atoms with Crippen LogP contribution in [0.4, 0.5) is 11.8 Å². The fourth-order valence-corrected chi connectivity index (χ4v) is 3.79. The minimum Gasteiger partial charge on any atom is -0.383 e. The van der Waals surface area contributed by atoms with Gasteiger partial charge in [-0.15, -0.1) is 0 Å². The lowest BCUT2D eigenvalue weighted by atomic mass is 9.95. The number of nitrogens with two attached hydrogens (primary N) is 2. The predicted octanol–water partition coefficient (Wildman–Crippen LogP) is 3.75. The second kappa shape index (κ2) is 8.52. The fraction of sp³-hybridized carbons (Fsp3) is 0.409. The quantitative estimate of drug-likeness (QED) is 0.650. The maximum absolute atomic E-state index is 6.31. The molecule has 6 nitrogen and oxygen atoms in total. The van der Waals surface area contributed by atoms with Crippen molar-refractivity contribution < 1.29 is 0 Å². The number of anilines is 2. The van der Waals surface area contributed by atoms with Gasteiger partial charge in [0, 0.05) is 10.9 Å². The molecule has 0 saturated carbocycles. The number of benzene rings is 1. The van der Waals surface area contributed by atoms with Crippen molar-refractivity contribution in [3.8, 4) is 11.1 Å². The molecular formula is C22H30N6. The lowest BCUT2D eigenvalue weighted by Gasteiger charge is -2.18. The van der Waals surface area contributed by atoms with Crippen molar-refractivity contribution in [2.45, 2.75) is 40.5 Å². The molecule has 4 N–H and O–H groups in total. The van der Waals surface area contributed by atoms with E-state index in [4.69, 9.17) is 11.5 Å². The van der Waals surface area contributed by atoms with Crippen LogP contribution < -0.4 is 11.5 Å². The molecule has 0 aliphatic rings. The van der Waals surface area contributed by atoms with E-state index in [0.29, 0.717) is 11.5 Å². The van der Waals surface area contributed by atoms with E-state index < -0.39 is 0 Å². The molecule has 2 heterocycles. The molecule has 0 aliphatic carbocycles. The van der Waals surface area contributed by atoms with Crippen LogP contribution >= 0.6 is 0 Å². The zero-order valence-corrected chi connectivity index (χ0v) is 17.3. The first-order chi connectivity index (χ1) is 13.4. The number of aryl methyl sites for hydroxylation is 3. The number of hydrogen-bond donors (Lipinski definition) is 2. The predicted molar refractivity (Wildman–Crippen MR) is 117 cm³/mol. The number of nitrogen functional groups attached to an aromatic ring is 2. The summed E-state index contributed by atoms with van der Waals surface area (Å²) in [4.78, 5) is 15.8. The van der Waals surface area contributed by atoms with E-state index in [9.17, 15) is 0 Å². The van der Waals surface area contributed by atoms with Gasteiger partial charge in [-0.2, -0.15) is 4.98 Å². The van der Waals surface area contributed by atoms with Gasteiger partial charge in [-0.3, -0.25) is 0 Å². The second-order valence-electron chi connectivity index (χ2n) is 7.22. The molecule has 0 unspecified atom stereocenters. The van der Waals surface area contributed by atoms with Crippen LogP contribution in [-0.2, 0) is 6.42 Å². The zero-order valence-electron chi connectivity index (χ0n) is 17.3. The van der Waals surface area contributed by atoms with Gasteiger partial charge in [0.2, 0.25) is 5.95 Å². The third-order valence-electron chi connectivity index (χ3n) is 5.35. The van der Waals surface area contributed by atoms with Gasteiger partial charge >= 0.3 is 0 Å². The van der Waals surface area contributed by atoms with Crippen molar-refractivity contribution in [1.82, 2.24) is 19.9 Å². The van der Waals surface area contributed by atoms with Crippen molar-refractivity contribution >= 4 is 22.8 Å². The van der Waals surface area contributed by atoms with E-state index in [1.807, 2.05) is 0 Å². The highest BCUT2D eigenvalue weighted by atomic mass is 15.1. The molecule has 148 valence electrons. The monoisotopic (exact) mass is 378 g/mol. The van der Waals surface area contributed by atoms with Gasteiger partial charge in [0.1, 0.15) is 5.82 Å². The normalized spacial score (nSPS) is 11.5. The van der Waals surface area contributed by atoms with Crippen LogP contribution in [0.25, 0.3) is 22.2 Å². The minimum atomic E-state index is 0.247. The van der Waals surface area contributed by atoms with E-state index in [2.05, 4.69) is 71.8 Å². The Morgan fingerprint density at radius 3 is 2.29 bits per heavy atom. The average molecular weight is 379 g/mol. The van der Waals surface area contributed by atoms with Crippen molar-refractivity contribution in [2.75, 3.05) is 31.1 Å². The van der Waals surface area contributed by atoms with Gasteiger partial charge in [0.25, 0.3) is 0 Å². The summed E-state index contributed by atoms with van der Waals surface area (Å²) in [5.74, 6) is 0.717. The van der Waals surface area contributed by atoms with Gasteiger partial charge in [-0.25, -0.2) is 9.97 Å². The second-order valence-corrected chi connectivity index (χ2v) is 7.22. The lowest BCUT2D eigenvalue weighted by molar-refractivity contribution is 0.300. The molecule has 0 amide bonds. The Morgan fingerprint density at radius 2 is 1.64 bits per heavy atom. The molecule has 0 spiro atoms. The van der Waals surface area contributed by atoms with Crippen LogP contribution in [0.1, 0.15) is 37.1 Å². The number of pyridine rings is 1. The summed E-state index contributed by atoms with van der Waals surface area (Å²) in [7, 11) is 0. The number of aromatic nitrogens is 3. The summed E-state index contributed by atoms with van der Waals surface area (Å²) in [6, 6.07) is 8.33. The van der Waals surface area contributed by atoms with Crippen molar-refractivity contribution in [2.24, 2.45) is 0 Å². The molecule has 1 aromatic carbocycles. The first-order valence-corrected chi connectivity index (χ1v) is 9.96. The Kier molecular flexibility index (Phi) is 6.09. The topological polar surface area (TPSA) is 94.0 Å². The van der Waals surface area contributed by atoms with Crippen molar-refractivity contribution in [3.63, 3.8) is 0 Å². The summed E-state index contributed by atoms with van der Waals surface area (Å²) in [6.07, 6.45) is 1.84. The summed E-state index contributed by atoms with van der Waals surface area (Å²) in [5.41, 5.74) is 18.2. The molecule has 0 radical (unpaired) electrons. The van der Waals surface area contributed by atoms with E-state index in [-0.39, 0.29) is 5.95 Å². The Labute approximate surface area is 167 Å². The third-order valence-corrected chi connectivity index (χ3v) is 5.35. The van der Waals surface area contributed by atoms with Crippen LogP contribution in [0.15, 0.2) is 24.3 Å². The van der Waals surface area contributed by atoms with Gasteiger partial charge in [0.15, 0.2) is 5.65 Å². The van der Waals surface area contributed by atoms with Crippen LogP contribution in [0.5, 0.6) is 0 Å². The molecule has 0 fully saturated rings. The maximum Gasteiger partial charge on any atom is 0.222 e. The molecule has 2 aromatic heterocycles. The van der Waals surface area contributed by atoms with Crippen LogP contribution in [0, 0.1) is 13.8 Å². The number of hydrogen-bond acceptors (Lipinski definition) is 6. The highest BCUT2D eigenvalue weighted by Crippen LogP contribution is 2.33. The van der Waals surface area contributed by atoms with E-state index in [1.165, 1.54) is 11.1 Å². The summed E-state index contributed by atoms with van der Waals surface area (Å²) < 4.78 is 0. The molecule has 0 atom stereocenters. The number of nitrogens with zero attached hydrogens (tertiary/aromatic N) is 4. The van der Waals surface area contributed by atoms with Gasteiger partial charge in [-0.05, 0) is 69.1 Å². The summed E-state index contributed by atoms with van der Waals surface area (Å²) in [5, 5.41) is 0.931. The Balaban J connectivity index is 2.05. The highest BCUT2D eigenvalue weighted by molar-refractivity contribution is 5.90. The molecular weight excluding hydrogens is 348 g/mol. The average Bonchev–Trinajstić information content (AvgIpc) is 2.65. The third kappa shape index (κ3) is 4.07. The first kappa shape index (κ1) is 20.0. The fourth-order valence-electron chi connectivity index (χ4n) is 3.79. The Hall–Kier alpha value is -2.73. The molecule has 0 aliphatic heterocycles. The molecule has 6 heteroatoms. The molecule has 3 aromatic rings. The Bertz CT molecular complexity index is 958. The molecule has 28 heavy (non-hydrogen) atoms. The smallest absolute Gasteiger partial charge is 0.222 e. The summed E-state index contributed by atoms with van der Waals surface area (Å²) in [6.45, 7) is 11.7. The number of rotatable bonds is 7. The zero-order chi connectivity index (χ0) is 20.3. The molecule has 0 saturated heterocycles. The van der Waals surface area contributed by atoms with Gasteiger partial charge in [-0.1, -0.05) is 32.0 Å². The van der Waals surface area contributed by atoms with Crippen molar-refractivity contribution in [3.05, 3.63) is 41.1 Å². The molecule has 0 bridgehead atoms. The van der Waals surface area contributed by atoms with Gasteiger partial charge in [0.05, 0.1) is 5.69 Å². The molecule has 3 rings (SSSR count).